The monoisotopic (exact) mass is 322 g/mol. The fourth-order valence-electron chi connectivity index (χ4n) is 2.06. The van der Waals surface area contributed by atoms with E-state index in [1.165, 1.54) is 0 Å². The number of para-hydroxylation sites is 1. The summed E-state index contributed by atoms with van der Waals surface area (Å²) in [6.07, 6.45) is 0. The Morgan fingerprint density at radius 3 is 2.42 bits per heavy atom. The maximum Gasteiger partial charge on any atom is 0.297 e. The molecule has 0 fully saturated rings. The minimum absolute atomic E-state index is 0.108. The molecule has 2 amide bonds. The minimum Gasteiger partial charge on any atom is -0.322 e. The molecule has 3 rings (SSSR count). The highest BCUT2D eigenvalue weighted by atomic mass is 16.2. The molecule has 1 heterocycles. The smallest absolute Gasteiger partial charge is 0.297 e. The van der Waals surface area contributed by atoms with E-state index in [1.54, 1.807) is 24.3 Å². The van der Waals surface area contributed by atoms with E-state index in [0.29, 0.717) is 16.9 Å². The Kier molecular flexibility index (Phi) is 4.28. The molecule has 0 aliphatic carbocycles. The molecule has 0 radical (unpaired) electrons. The Hall–Kier alpha value is -3.55. The molecule has 3 aromatic rings. The summed E-state index contributed by atoms with van der Waals surface area (Å²) < 4.78 is 0. The number of benzene rings is 2. The number of nitrogens with zero attached hydrogens (tertiary/aromatic N) is 3. The number of amides is 2. The van der Waals surface area contributed by atoms with Crippen molar-refractivity contribution in [1.29, 1.82) is 0 Å². The average Bonchev–Trinajstić information content (AvgIpc) is 3.12. The van der Waals surface area contributed by atoms with Crippen LogP contribution in [0.1, 0.15) is 26.5 Å². The average molecular weight is 322 g/mol. The zero-order valence-electron chi connectivity index (χ0n) is 12.8. The molecule has 8 nitrogen and oxygen atoms in total. The zero-order valence-corrected chi connectivity index (χ0v) is 12.8. The van der Waals surface area contributed by atoms with Crippen molar-refractivity contribution in [3.63, 3.8) is 0 Å². The van der Waals surface area contributed by atoms with Gasteiger partial charge in [0.2, 0.25) is 0 Å². The molecule has 0 unspecified atom stereocenters. The van der Waals surface area contributed by atoms with Crippen LogP contribution in [0.4, 0.5) is 11.4 Å². The second kappa shape index (κ2) is 6.69. The van der Waals surface area contributed by atoms with E-state index >= 15 is 0 Å². The van der Waals surface area contributed by atoms with E-state index < -0.39 is 5.91 Å². The van der Waals surface area contributed by atoms with Crippen molar-refractivity contribution < 1.29 is 9.59 Å². The number of carbonyl (C=O) groups excluding carboxylic acids is 2. The van der Waals surface area contributed by atoms with Crippen LogP contribution in [-0.2, 0) is 0 Å². The number of aryl methyl sites for hydroxylation is 1. The van der Waals surface area contributed by atoms with E-state index in [9.17, 15) is 9.59 Å². The first kappa shape index (κ1) is 15.3. The molecule has 0 saturated heterocycles. The van der Waals surface area contributed by atoms with Gasteiger partial charge in [0.1, 0.15) is 0 Å². The molecule has 1 aromatic heterocycles. The van der Waals surface area contributed by atoms with Crippen LogP contribution in [0.2, 0.25) is 0 Å². The number of anilines is 2. The number of tetrazole rings is 1. The molecule has 0 spiro atoms. The van der Waals surface area contributed by atoms with Crippen LogP contribution in [0.3, 0.4) is 0 Å². The summed E-state index contributed by atoms with van der Waals surface area (Å²) in [4.78, 5) is 24.5. The maximum atomic E-state index is 12.5. The van der Waals surface area contributed by atoms with Gasteiger partial charge < -0.3 is 10.6 Å². The lowest BCUT2D eigenvalue weighted by molar-refractivity contribution is 0.101. The van der Waals surface area contributed by atoms with Gasteiger partial charge in [-0.25, -0.2) is 0 Å². The van der Waals surface area contributed by atoms with Crippen molar-refractivity contribution in [2.24, 2.45) is 0 Å². The van der Waals surface area contributed by atoms with E-state index in [1.807, 2.05) is 31.2 Å². The van der Waals surface area contributed by atoms with Crippen molar-refractivity contribution in [2.45, 2.75) is 6.92 Å². The largest absolute Gasteiger partial charge is 0.322 e. The summed E-state index contributed by atoms with van der Waals surface area (Å²) in [5.74, 6) is -0.994. The van der Waals surface area contributed by atoms with Crippen molar-refractivity contribution in [3.05, 3.63) is 65.5 Å². The van der Waals surface area contributed by atoms with Crippen LogP contribution in [-0.4, -0.2) is 32.4 Å². The summed E-state index contributed by atoms with van der Waals surface area (Å²) in [7, 11) is 0. The van der Waals surface area contributed by atoms with Crippen LogP contribution in [0.5, 0.6) is 0 Å². The first-order valence-corrected chi connectivity index (χ1v) is 7.15. The summed E-state index contributed by atoms with van der Waals surface area (Å²) in [6.45, 7) is 1.97. The molecule has 8 heteroatoms. The Morgan fingerprint density at radius 2 is 1.71 bits per heavy atom. The predicted molar refractivity (Wildman–Crippen MR) is 87.7 cm³/mol. The third-order valence-electron chi connectivity index (χ3n) is 3.28. The second-order valence-electron chi connectivity index (χ2n) is 5.06. The second-order valence-corrected chi connectivity index (χ2v) is 5.06. The molecule has 0 aliphatic rings. The molecular weight excluding hydrogens is 308 g/mol. The van der Waals surface area contributed by atoms with Gasteiger partial charge in [-0.2, -0.15) is 5.21 Å². The number of aromatic amines is 1. The molecule has 24 heavy (non-hydrogen) atoms. The Morgan fingerprint density at radius 1 is 0.958 bits per heavy atom. The van der Waals surface area contributed by atoms with Crippen molar-refractivity contribution >= 4 is 23.2 Å². The van der Waals surface area contributed by atoms with Gasteiger partial charge in [0.25, 0.3) is 17.6 Å². The molecule has 120 valence electrons. The quantitative estimate of drug-likeness (QED) is 0.680. The van der Waals surface area contributed by atoms with Gasteiger partial charge >= 0.3 is 0 Å². The molecule has 0 saturated carbocycles. The summed E-state index contributed by atoms with van der Waals surface area (Å²) >= 11 is 0. The Bertz CT molecular complexity index is 859. The summed E-state index contributed by atoms with van der Waals surface area (Å²) in [5, 5.41) is 18.1. The van der Waals surface area contributed by atoms with Gasteiger partial charge in [-0.1, -0.05) is 29.8 Å². The highest BCUT2D eigenvalue weighted by molar-refractivity contribution is 6.11. The van der Waals surface area contributed by atoms with E-state index in [-0.39, 0.29) is 11.7 Å². The number of carbonyl (C=O) groups is 2. The molecule has 0 aliphatic heterocycles. The van der Waals surface area contributed by atoms with E-state index in [4.69, 9.17) is 0 Å². The highest BCUT2D eigenvalue weighted by Gasteiger charge is 2.16. The maximum absolute atomic E-state index is 12.5. The van der Waals surface area contributed by atoms with Crippen molar-refractivity contribution in [3.8, 4) is 0 Å². The first-order chi connectivity index (χ1) is 11.6. The lowest BCUT2D eigenvalue weighted by atomic mass is 10.1. The molecule has 2 aromatic carbocycles. The van der Waals surface area contributed by atoms with Gasteiger partial charge in [-0.15, -0.1) is 10.2 Å². The number of hydrogen-bond donors (Lipinski definition) is 3. The van der Waals surface area contributed by atoms with E-state index in [0.717, 1.165) is 5.56 Å². The molecule has 0 bridgehead atoms. The standard InChI is InChI=1S/C16H14N6O2/c1-10-6-8-11(9-7-10)17-15(23)12-4-2-3-5-13(12)18-16(24)14-19-21-22-20-14/h2-9H,1H3,(H,17,23)(H,18,24)(H,19,20,21,22). The van der Waals surface area contributed by atoms with Crippen LogP contribution in [0.15, 0.2) is 48.5 Å². The summed E-state index contributed by atoms with van der Waals surface area (Å²) in [6, 6.07) is 14.1. The van der Waals surface area contributed by atoms with Gasteiger partial charge in [-0.05, 0) is 36.4 Å². The Balaban J connectivity index is 1.79. The fraction of sp³-hybridized carbons (Fsp3) is 0.0625. The highest BCUT2D eigenvalue weighted by Crippen LogP contribution is 2.18. The lowest BCUT2D eigenvalue weighted by Crippen LogP contribution is -2.19. The third kappa shape index (κ3) is 3.43. The van der Waals surface area contributed by atoms with E-state index in [2.05, 4.69) is 31.3 Å². The summed E-state index contributed by atoms with van der Waals surface area (Å²) in [5.41, 5.74) is 2.46. The minimum atomic E-state index is -0.556. The number of H-pyrrole nitrogens is 1. The van der Waals surface area contributed by atoms with Crippen molar-refractivity contribution in [1.82, 2.24) is 20.6 Å². The topological polar surface area (TPSA) is 113 Å². The SMILES string of the molecule is Cc1ccc(NC(=O)c2ccccc2NC(=O)c2nn[nH]n2)cc1. The fourth-order valence-corrected chi connectivity index (χ4v) is 2.06. The van der Waals surface area contributed by atoms with Crippen LogP contribution < -0.4 is 10.6 Å². The molecule has 3 N–H and O–H groups in total. The van der Waals surface area contributed by atoms with Crippen molar-refractivity contribution in [2.75, 3.05) is 10.6 Å². The molecule has 0 atom stereocenters. The normalized spacial score (nSPS) is 10.2. The van der Waals surface area contributed by atoms with Gasteiger partial charge in [0.05, 0.1) is 11.3 Å². The number of nitrogens with one attached hydrogen (secondary N) is 3. The number of hydrogen-bond acceptors (Lipinski definition) is 5. The van der Waals surface area contributed by atoms with Gasteiger partial charge in [0.15, 0.2) is 0 Å². The number of aromatic nitrogens is 4. The van der Waals surface area contributed by atoms with Gasteiger partial charge in [-0.3, -0.25) is 9.59 Å². The Labute approximate surface area is 137 Å². The lowest BCUT2D eigenvalue weighted by Gasteiger charge is -2.10. The zero-order chi connectivity index (χ0) is 16.9. The van der Waals surface area contributed by atoms with Crippen LogP contribution in [0.25, 0.3) is 0 Å². The number of rotatable bonds is 4. The first-order valence-electron chi connectivity index (χ1n) is 7.15. The van der Waals surface area contributed by atoms with Crippen LogP contribution in [0, 0.1) is 6.92 Å². The predicted octanol–water partition coefficient (Wildman–Crippen LogP) is 2.01. The van der Waals surface area contributed by atoms with Crippen LogP contribution >= 0.6 is 0 Å². The van der Waals surface area contributed by atoms with Gasteiger partial charge in [0, 0.05) is 5.69 Å². The molecular formula is C16H14N6O2. The third-order valence-corrected chi connectivity index (χ3v) is 3.28.